The van der Waals surface area contributed by atoms with Gasteiger partial charge in [0, 0.05) is 17.7 Å². The van der Waals surface area contributed by atoms with E-state index in [0.717, 1.165) is 10.6 Å². The molecule has 1 aliphatic heterocycles. The normalized spacial score (nSPS) is 21.1. The molecule has 1 N–H and O–H groups in total. The van der Waals surface area contributed by atoms with Crippen LogP contribution in [-0.4, -0.2) is 21.7 Å². The lowest BCUT2D eigenvalue weighted by Crippen LogP contribution is -2.43. The van der Waals surface area contributed by atoms with E-state index in [1.165, 1.54) is 0 Å². The Bertz CT molecular complexity index is 763. The van der Waals surface area contributed by atoms with E-state index in [0.29, 0.717) is 17.0 Å². The van der Waals surface area contributed by atoms with Crippen molar-refractivity contribution in [1.82, 2.24) is 5.01 Å². The molecule has 0 spiro atoms. The Kier molecular flexibility index (Phi) is 3.37. The molecule has 0 radical (unpaired) electrons. The van der Waals surface area contributed by atoms with Gasteiger partial charge in [0.15, 0.2) is 11.5 Å². The zero-order valence-corrected chi connectivity index (χ0v) is 12.8. The van der Waals surface area contributed by atoms with Crippen molar-refractivity contribution in [3.05, 3.63) is 59.0 Å². The number of aryl methyl sites for hydroxylation is 2. The van der Waals surface area contributed by atoms with Crippen molar-refractivity contribution < 1.29 is 14.3 Å². The zero-order chi connectivity index (χ0) is 15.9. The molecule has 1 atom stereocenters. The van der Waals surface area contributed by atoms with E-state index in [4.69, 9.17) is 4.42 Å². The van der Waals surface area contributed by atoms with Crippen molar-refractivity contribution in [3.8, 4) is 0 Å². The summed E-state index contributed by atoms with van der Waals surface area (Å²) in [6.07, 6.45) is 0.280. The van der Waals surface area contributed by atoms with Crippen LogP contribution in [0.4, 0.5) is 0 Å². The predicted octanol–water partition coefficient (Wildman–Crippen LogP) is 2.96. The van der Waals surface area contributed by atoms with Crippen LogP contribution in [0.3, 0.4) is 0 Å². The van der Waals surface area contributed by atoms with Crippen molar-refractivity contribution in [1.29, 1.82) is 0 Å². The number of hydrogen-bond acceptors (Lipinski definition) is 4. The average molecular weight is 298 g/mol. The van der Waals surface area contributed by atoms with Crippen LogP contribution in [0.5, 0.6) is 0 Å². The third-order valence-electron chi connectivity index (χ3n) is 3.75. The highest BCUT2D eigenvalue weighted by molar-refractivity contribution is 5.96. The lowest BCUT2D eigenvalue weighted by Gasteiger charge is -2.31. The van der Waals surface area contributed by atoms with Crippen LogP contribution in [0.2, 0.25) is 0 Å². The van der Waals surface area contributed by atoms with E-state index in [-0.39, 0.29) is 12.2 Å². The highest BCUT2D eigenvalue weighted by Gasteiger charge is 2.45. The van der Waals surface area contributed by atoms with Crippen molar-refractivity contribution in [3.63, 3.8) is 0 Å². The summed E-state index contributed by atoms with van der Waals surface area (Å²) in [7, 11) is 0. The Hall–Kier alpha value is -2.40. The van der Waals surface area contributed by atoms with Gasteiger partial charge in [-0.25, -0.2) is 0 Å². The van der Waals surface area contributed by atoms with Crippen molar-refractivity contribution >= 4 is 11.6 Å². The number of benzene rings is 1. The predicted molar refractivity (Wildman–Crippen MR) is 82.4 cm³/mol. The molecular weight excluding hydrogens is 280 g/mol. The second-order valence-corrected chi connectivity index (χ2v) is 5.73. The number of hydrogen-bond donors (Lipinski definition) is 1. The molecular formula is C17H18N2O3. The third kappa shape index (κ3) is 2.33. The molecule has 0 aliphatic carbocycles. The molecule has 114 valence electrons. The summed E-state index contributed by atoms with van der Waals surface area (Å²) < 4.78 is 5.37. The maximum absolute atomic E-state index is 12.6. The minimum Gasteiger partial charge on any atom is -0.456 e. The number of rotatable bonds is 2. The Labute approximate surface area is 128 Å². The molecule has 2 aromatic rings. The molecule has 2 heterocycles. The second-order valence-electron chi connectivity index (χ2n) is 5.73. The molecule has 0 bridgehead atoms. The Morgan fingerprint density at radius 1 is 1.27 bits per heavy atom. The molecule has 0 saturated heterocycles. The SMILES string of the molecule is CC1=NN(C(=O)c2ccc(C)o2)C(O)(c2cccc(C)c2)C1. The minimum atomic E-state index is -1.48. The van der Waals surface area contributed by atoms with Gasteiger partial charge in [-0.15, -0.1) is 0 Å². The molecule has 5 heteroatoms. The summed E-state index contributed by atoms with van der Waals surface area (Å²) in [4.78, 5) is 12.6. The summed E-state index contributed by atoms with van der Waals surface area (Å²) >= 11 is 0. The number of amides is 1. The van der Waals surface area contributed by atoms with E-state index in [9.17, 15) is 9.90 Å². The summed E-state index contributed by atoms with van der Waals surface area (Å²) in [6.45, 7) is 5.50. The first-order valence-corrected chi connectivity index (χ1v) is 7.15. The number of aliphatic hydroxyl groups is 1. The molecule has 1 unspecified atom stereocenters. The van der Waals surface area contributed by atoms with Crippen LogP contribution in [0, 0.1) is 13.8 Å². The van der Waals surface area contributed by atoms with Crippen LogP contribution in [0.1, 0.15) is 40.8 Å². The Morgan fingerprint density at radius 2 is 2.05 bits per heavy atom. The fourth-order valence-electron chi connectivity index (χ4n) is 2.71. The van der Waals surface area contributed by atoms with Crippen molar-refractivity contribution in [2.24, 2.45) is 5.10 Å². The van der Waals surface area contributed by atoms with Crippen molar-refractivity contribution in [2.45, 2.75) is 32.9 Å². The quantitative estimate of drug-likeness (QED) is 0.927. The van der Waals surface area contributed by atoms with Gasteiger partial charge in [-0.3, -0.25) is 4.79 Å². The van der Waals surface area contributed by atoms with Gasteiger partial charge >= 0.3 is 5.91 Å². The lowest BCUT2D eigenvalue weighted by molar-refractivity contribution is -0.0776. The maximum Gasteiger partial charge on any atom is 0.312 e. The monoisotopic (exact) mass is 298 g/mol. The van der Waals surface area contributed by atoms with Gasteiger partial charge in [0.05, 0.1) is 0 Å². The van der Waals surface area contributed by atoms with Gasteiger partial charge in [-0.1, -0.05) is 29.8 Å². The van der Waals surface area contributed by atoms with E-state index in [2.05, 4.69) is 5.10 Å². The maximum atomic E-state index is 12.6. The fourth-order valence-corrected chi connectivity index (χ4v) is 2.71. The van der Waals surface area contributed by atoms with Crippen molar-refractivity contribution in [2.75, 3.05) is 0 Å². The van der Waals surface area contributed by atoms with Crippen LogP contribution in [-0.2, 0) is 5.72 Å². The van der Waals surface area contributed by atoms with Gasteiger partial charge < -0.3 is 9.52 Å². The number of hydrazone groups is 1. The fraction of sp³-hybridized carbons (Fsp3) is 0.294. The highest BCUT2D eigenvalue weighted by atomic mass is 16.4. The minimum absolute atomic E-state index is 0.169. The number of nitrogens with zero attached hydrogens (tertiary/aromatic N) is 2. The smallest absolute Gasteiger partial charge is 0.312 e. The topological polar surface area (TPSA) is 66.0 Å². The van der Waals surface area contributed by atoms with Crippen LogP contribution >= 0.6 is 0 Å². The largest absolute Gasteiger partial charge is 0.456 e. The zero-order valence-electron chi connectivity index (χ0n) is 12.8. The van der Waals surface area contributed by atoms with E-state index in [1.54, 1.807) is 32.0 Å². The van der Waals surface area contributed by atoms with Gasteiger partial charge in [0.25, 0.3) is 0 Å². The average Bonchev–Trinajstić information content (AvgIpc) is 3.02. The van der Waals surface area contributed by atoms with E-state index in [1.807, 2.05) is 25.1 Å². The van der Waals surface area contributed by atoms with Crippen LogP contribution < -0.4 is 0 Å². The molecule has 1 amide bonds. The van der Waals surface area contributed by atoms with E-state index >= 15 is 0 Å². The van der Waals surface area contributed by atoms with Crippen LogP contribution in [0.15, 0.2) is 45.9 Å². The first kappa shape index (κ1) is 14.5. The molecule has 1 aromatic carbocycles. The summed E-state index contributed by atoms with van der Waals surface area (Å²) in [5.74, 6) is 0.360. The number of carbonyl (C=O) groups is 1. The highest BCUT2D eigenvalue weighted by Crippen LogP contribution is 2.36. The lowest BCUT2D eigenvalue weighted by atomic mass is 9.96. The first-order chi connectivity index (χ1) is 10.4. The summed E-state index contributed by atoms with van der Waals surface area (Å²) in [5.41, 5.74) is 0.871. The molecule has 0 fully saturated rings. The summed E-state index contributed by atoms with van der Waals surface area (Å²) in [5, 5.41) is 16.4. The summed E-state index contributed by atoms with van der Waals surface area (Å²) in [6, 6.07) is 10.8. The van der Waals surface area contributed by atoms with Gasteiger partial charge in [0.2, 0.25) is 0 Å². The van der Waals surface area contributed by atoms with Crippen LogP contribution in [0.25, 0.3) is 0 Å². The molecule has 0 saturated carbocycles. The Morgan fingerprint density at radius 3 is 2.68 bits per heavy atom. The van der Waals surface area contributed by atoms with Gasteiger partial charge in [-0.05, 0) is 32.9 Å². The third-order valence-corrected chi connectivity index (χ3v) is 3.75. The molecule has 22 heavy (non-hydrogen) atoms. The molecule has 1 aliphatic rings. The van der Waals surface area contributed by atoms with Gasteiger partial charge in [0.1, 0.15) is 5.76 Å². The second kappa shape index (κ2) is 5.10. The van der Waals surface area contributed by atoms with E-state index < -0.39 is 11.6 Å². The van der Waals surface area contributed by atoms with Gasteiger partial charge in [-0.2, -0.15) is 10.1 Å². The number of furan rings is 1. The first-order valence-electron chi connectivity index (χ1n) is 7.15. The standard InChI is InChI=1S/C17H18N2O3/c1-11-5-4-6-14(9-11)17(21)10-12(2)18-19(17)16(20)15-8-7-13(3)22-15/h4-9,21H,10H2,1-3H3. The molecule has 1 aromatic heterocycles. The molecule has 5 nitrogen and oxygen atoms in total. The Balaban J connectivity index is 2.02. The molecule has 3 rings (SSSR count). The number of carbonyl (C=O) groups excluding carboxylic acids is 1.